The molecule has 2 aromatic carbocycles. The van der Waals surface area contributed by atoms with Crippen LogP contribution in [0.2, 0.25) is 0 Å². The molecule has 2 rings (SSSR count). The number of alkyl halides is 3. The molecule has 0 aliphatic heterocycles. The molecular weight excluding hydrogens is 253 g/mol. The number of halogens is 3. The topological polar surface area (TPSA) is 20.2 Å². The third kappa shape index (κ3) is 3.08. The number of benzene rings is 2. The third-order valence-electron chi connectivity index (χ3n) is 2.96. The Balaban J connectivity index is 2.47. The summed E-state index contributed by atoms with van der Waals surface area (Å²) in [7, 11) is 0. The second-order valence-electron chi connectivity index (χ2n) is 4.48. The lowest BCUT2D eigenvalue weighted by atomic mass is 9.90. The molecule has 19 heavy (non-hydrogen) atoms. The first kappa shape index (κ1) is 13.5. The van der Waals surface area contributed by atoms with Crippen molar-refractivity contribution in [2.45, 2.75) is 19.0 Å². The first-order valence-electron chi connectivity index (χ1n) is 5.80. The lowest BCUT2D eigenvalue weighted by Gasteiger charge is -2.21. The number of hydrogen-bond donors (Lipinski definition) is 1. The van der Waals surface area contributed by atoms with Crippen LogP contribution in [-0.2, 0) is 0 Å². The fourth-order valence-corrected chi connectivity index (χ4v) is 2.00. The Labute approximate surface area is 109 Å². The van der Waals surface area contributed by atoms with Crippen LogP contribution < -0.4 is 0 Å². The zero-order valence-electron chi connectivity index (χ0n) is 10.3. The minimum absolute atomic E-state index is 0.0476. The highest BCUT2D eigenvalue weighted by Gasteiger charge is 2.41. The van der Waals surface area contributed by atoms with E-state index < -0.39 is 12.1 Å². The smallest absolute Gasteiger partial charge is 0.399 e. The van der Waals surface area contributed by atoms with Crippen molar-refractivity contribution in [2.75, 3.05) is 0 Å². The van der Waals surface area contributed by atoms with Crippen LogP contribution in [0.5, 0.6) is 5.75 Å². The Kier molecular flexibility index (Phi) is 3.51. The summed E-state index contributed by atoms with van der Waals surface area (Å²) in [4.78, 5) is 0. The Morgan fingerprint density at radius 2 is 1.26 bits per heavy atom. The number of phenols is 1. The van der Waals surface area contributed by atoms with Crippen LogP contribution in [0.25, 0.3) is 0 Å². The van der Waals surface area contributed by atoms with Crippen molar-refractivity contribution >= 4 is 0 Å². The van der Waals surface area contributed by atoms with Gasteiger partial charge < -0.3 is 5.11 Å². The molecule has 0 aromatic heterocycles. The summed E-state index contributed by atoms with van der Waals surface area (Å²) in [6, 6.07) is 11.4. The third-order valence-corrected chi connectivity index (χ3v) is 2.96. The van der Waals surface area contributed by atoms with Gasteiger partial charge in [-0.15, -0.1) is 0 Å². The molecule has 1 atom stereocenters. The average molecular weight is 266 g/mol. The molecule has 100 valence electrons. The number of aryl methyl sites for hydroxylation is 1. The number of phenolic OH excluding ortho intramolecular Hbond substituents is 1. The van der Waals surface area contributed by atoms with Crippen LogP contribution in [0.15, 0.2) is 48.5 Å². The summed E-state index contributed by atoms with van der Waals surface area (Å²) < 4.78 is 39.7. The standard InChI is InChI=1S/C15H13F3O/c1-10-2-4-11(5-3-10)14(15(16,17)18)12-6-8-13(19)9-7-12/h2-9,14,19H,1H3. The lowest BCUT2D eigenvalue weighted by molar-refractivity contribution is -0.141. The van der Waals surface area contributed by atoms with E-state index in [2.05, 4.69) is 0 Å². The summed E-state index contributed by atoms with van der Waals surface area (Å²) in [5.41, 5.74) is 1.23. The molecule has 0 heterocycles. The van der Waals surface area contributed by atoms with Gasteiger partial charge in [0, 0.05) is 0 Å². The minimum atomic E-state index is -4.37. The van der Waals surface area contributed by atoms with Crippen molar-refractivity contribution in [1.29, 1.82) is 0 Å². The fraction of sp³-hybridized carbons (Fsp3) is 0.200. The van der Waals surface area contributed by atoms with Crippen molar-refractivity contribution in [3.8, 4) is 5.75 Å². The van der Waals surface area contributed by atoms with Crippen LogP contribution in [0.1, 0.15) is 22.6 Å². The van der Waals surface area contributed by atoms with Gasteiger partial charge in [0.25, 0.3) is 0 Å². The monoisotopic (exact) mass is 266 g/mol. The highest BCUT2D eigenvalue weighted by atomic mass is 19.4. The van der Waals surface area contributed by atoms with E-state index >= 15 is 0 Å². The summed E-state index contributed by atoms with van der Waals surface area (Å²) in [6.07, 6.45) is -4.37. The van der Waals surface area contributed by atoms with Crippen LogP contribution >= 0.6 is 0 Å². The highest BCUT2D eigenvalue weighted by molar-refractivity contribution is 5.37. The normalized spacial score (nSPS) is 13.3. The molecule has 1 nitrogen and oxygen atoms in total. The maximum atomic E-state index is 13.2. The highest BCUT2D eigenvalue weighted by Crippen LogP contribution is 2.40. The Hall–Kier alpha value is -1.97. The van der Waals surface area contributed by atoms with E-state index in [0.29, 0.717) is 0 Å². The molecule has 4 heteroatoms. The van der Waals surface area contributed by atoms with E-state index in [1.807, 2.05) is 6.92 Å². The summed E-state index contributed by atoms with van der Waals surface area (Å²) in [5.74, 6) is -1.72. The maximum Gasteiger partial charge on any atom is 0.399 e. The van der Waals surface area contributed by atoms with Gasteiger partial charge in [0.15, 0.2) is 0 Å². The van der Waals surface area contributed by atoms with Gasteiger partial charge >= 0.3 is 6.18 Å². The molecule has 0 radical (unpaired) electrons. The van der Waals surface area contributed by atoms with E-state index in [4.69, 9.17) is 5.11 Å². The van der Waals surface area contributed by atoms with Crippen molar-refractivity contribution in [3.63, 3.8) is 0 Å². The summed E-state index contributed by atoms with van der Waals surface area (Å²) in [6.45, 7) is 1.83. The SMILES string of the molecule is Cc1ccc(C(c2ccc(O)cc2)C(F)(F)F)cc1. The van der Waals surface area contributed by atoms with Crippen LogP contribution in [0.3, 0.4) is 0 Å². The Morgan fingerprint density at radius 3 is 1.68 bits per heavy atom. The Morgan fingerprint density at radius 1 is 0.842 bits per heavy atom. The van der Waals surface area contributed by atoms with Gasteiger partial charge in [-0.05, 0) is 30.2 Å². The molecule has 0 saturated carbocycles. The summed E-state index contributed by atoms with van der Waals surface area (Å²) >= 11 is 0. The molecular formula is C15H13F3O. The number of rotatable bonds is 2. The van der Waals surface area contributed by atoms with Gasteiger partial charge in [0.2, 0.25) is 0 Å². The Bertz CT molecular complexity index is 496. The van der Waals surface area contributed by atoms with Gasteiger partial charge in [-0.1, -0.05) is 42.0 Å². The second-order valence-corrected chi connectivity index (χ2v) is 4.48. The molecule has 0 saturated heterocycles. The van der Waals surface area contributed by atoms with E-state index in [1.165, 1.54) is 36.4 Å². The molecule has 0 aliphatic carbocycles. The molecule has 0 amide bonds. The van der Waals surface area contributed by atoms with Crippen LogP contribution in [0.4, 0.5) is 13.2 Å². The zero-order valence-corrected chi connectivity index (χ0v) is 10.3. The predicted octanol–water partition coefficient (Wildman–Crippen LogP) is 4.39. The first-order valence-corrected chi connectivity index (χ1v) is 5.80. The molecule has 1 N–H and O–H groups in total. The summed E-state index contributed by atoms with van der Waals surface area (Å²) in [5, 5.41) is 9.17. The van der Waals surface area contributed by atoms with Crippen molar-refractivity contribution in [3.05, 3.63) is 65.2 Å². The number of aromatic hydroxyl groups is 1. The first-order chi connectivity index (χ1) is 8.88. The van der Waals surface area contributed by atoms with E-state index in [-0.39, 0.29) is 16.9 Å². The van der Waals surface area contributed by atoms with Crippen LogP contribution in [-0.4, -0.2) is 11.3 Å². The average Bonchev–Trinajstić information content (AvgIpc) is 2.33. The second kappa shape index (κ2) is 4.96. The zero-order chi connectivity index (χ0) is 14.0. The van der Waals surface area contributed by atoms with Gasteiger partial charge in [0.05, 0.1) is 0 Å². The molecule has 0 spiro atoms. The van der Waals surface area contributed by atoms with Gasteiger partial charge in [-0.25, -0.2) is 0 Å². The molecule has 0 fully saturated rings. The predicted molar refractivity (Wildman–Crippen MR) is 67.2 cm³/mol. The van der Waals surface area contributed by atoms with E-state index in [0.717, 1.165) is 5.56 Å². The van der Waals surface area contributed by atoms with Crippen molar-refractivity contribution < 1.29 is 18.3 Å². The molecule has 1 unspecified atom stereocenters. The van der Waals surface area contributed by atoms with Gasteiger partial charge in [-0.3, -0.25) is 0 Å². The molecule has 2 aromatic rings. The van der Waals surface area contributed by atoms with Gasteiger partial charge in [0.1, 0.15) is 11.7 Å². The fourth-order valence-electron chi connectivity index (χ4n) is 2.00. The van der Waals surface area contributed by atoms with E-state index in [9.17, 15) is 13.2 Å². The van der Waals surface area contributed by atoms with Crippen molar-refractivity contribution in [1.82, 2.24) is 0 Å². The molecule has 0 aliphatic rings. The lowest BCUT2D eigenvalue weighted by Crippen LogP contribution is -2.21. The molecule has 0 bridgehead atoms. The minimum Gasteiger partial charge on any atom is -0.508 e. The van der Waals surface area contributed by atoms with E-state index in [1.54, 1.807) is 12.1 Å². The van der Waals surface area contributed by atoms with Crippen LogP contribution in [0, 0.1) is 6.92 Å². The van der Waals surface area contributed by atoms with Gasteiger partial charge in [-0.2, -0.15) is 13.2 Å². The number of hydrogen-bond acceptors (Lipinski definition) is 1. The quantitative estimate of drug-likeness (QED) is 0.854. The maximum absolute atomic E-state index is 13.2. The largest absolute Gasteiger partial charge is 0.508 e. The van der Waals surface area contributed by atoms with Crippen molar-refractivity contribution in [2.24, 2.45) is 0 Å².